The van der Waals surface area contributed by atoms with E-state index in [9.17, 15) is 0 Å². The molecule has 1 aliphatic rings. The van der Waals surface area contributed by atoms with E-state index in [1.165, 1.54) is 43.4 Å². The predicted octanol–water partition coefficient (Wildman–Crippen LogP) is 6.40. The summed E-state index contributed by atoms with van der Waals surface area (Å²) in [5, 5.41) is 11.1. The summed E-state index contributed by atoms with van der Waals surface area (Å²) >= 11 is 0. The molecule has 0 aromatic heterocycles. The van der Waals surface area contributed by atoms with Crippen LogP contribution >= 0.6 is 0 Å². The van der Waals surface area contributed by atoms with Crippen molar-refractivity contribution in [1.29, 1.82) is 0 Å². The summed E-state index contributed by atoms with van der Waals surface area (Å²) in [6.45, 7) is 8.18. The maximum absolute atomic E-state index is 4.18. The van der Waals surface area contributed by atoms with E-state index in [0.717, 1.165) is 5.70 Å². The third-order valence-corrected chi connectivity index (χ3v) is 4.50. The molecule has 0 atom stereocenters. The van der Waals surface area contributed by atoms with E-state index in [4.69, 9.17) is 0 Å². The van der Waals surface area contributed by atoms with E-state index in [1.807, 2.05) is 20.0 Å². The van der Waals surface area contributed by atoms with Crippen LogP contribution in [0, 0.1) is 0 Å². The highest BCUT2D eigenvalue weighted by Gasteiger charge is 2.16. The van der Waals surface area contributed by atoms with Gasteiger partial charge in [0.25, 0.3) is 0 Å². The molecular formula is C22H21N. The molecular weight excluding hydrogens is 278 g/mol. The molecule has 0 radical (unpaired) electrons. The zero-order valence-corrected chi connectivity index (χ0v) is 13.5. The maximum Gasteiger partial charge on any atom is 0.0392 e. The Morgan fingerprint density at radius 1 is 0.870 bits per heavy atom. The number of fused-ring (bicyclic) bond motifs is 2. The quantitative estimate of drug-likeness (QED) is 0.370. The van der Waals surface area contributed by atoms with Crippen LogP contribution in [0.2, 0.25) is 0 Å². The smallest absolute Gasteiger partial charge is 0.0392 e. The van der Waals surface area contributed by atoms with Crippen molar-refractivity contribution in [2.24, 2.45) is 0 Å². The van der Waals surface area contributed by atoms with Crippen LogP contribution in [-0.2, 0) is 0 Å². The first kappa shape index (κ1) is 13.8. The molecule has 0 fully saturated rings. The lowest BCUT2D eigenvalue weighted by molar-refractivity contribution is 1.22. The van der Waals surface area contributed by atoms with Crippen molar-refractivity contribution in [3.05, 3.63) is 72.4 Å². The molecule has 1 aliphatic heterocycles. The fraction of sp³-hybridized carbons (Fsp3) is 0.0909. The van der Waals surface area contributed by atoms with Crippen LogP contribution in [0.25, 0.3) is 44.1 Å². The Bertz CT molecular complexity index is 1060. The van der Waals surface area contributed by atoms with E-state index in [2.05, 4.69) is 66.5 Å². The van der Waals surface area contributed by atoms with Gasteiger partial charge in [-0.25, -0.2) is 0 Å². The van der Waals surface area contributed by atoms with Crippen LogP contribution in [0.5, 0.6) is 0 Å². The molecule has 23 heavy (non-hydrogen) atoms. The monoisotopic (exact) mass is 299 g/mol. The van der Waals surface area contributed by atoms with Gasteiger partial charge in [-0.1, -0.05) is 62.9 Å². The van der Waals surface area contributed by atoms with Crippen LogP contribution in [0.15, 0.2) is 61.3 Å². The molecule has 1 heterocycles. The van der Waals surface area contributed by atoms with Crippen LogP contribution in [0.3, 0.4) is 0 Å². The Morgan fingerprint density at radius 2 is 1.57 bits per heavy atom. The topological polar surface area (TPSA) is 12.0 Å². The van der Waals surface area contributed by atoms with Crippen molar-refractivity contribution in [1.82, 2.24) is 5.32 Å². The van der Waals surface area contributed by atoms with Crippen molar-refractivity contribution in [2.75, 3.05) is 0 Å². The van der Waals surface area contributed by atoms with E-state index in [1.54, 1.807) is 0 Å². The first-order valence-electron chi connectivity index (χ1n) is 8.16. The summed E-state index contributed by atoms with van der Waals surface area (Å²) in [5.74, 6) is 0. The number of hydrogen-bond acceptors (Lipinski definition) is 1. The minimum Gasteiger partial charge on any atom is -0.362 e. The SMILES string of the molecule is C=C1NC=Cc2cc3ccc4cccc5ccc(c21)c3c45.CC.[HH]. The van der Waals surface area contributed by atoms with Gasteiger partial charge in [0.15, 0.2) is 0 Å². The third-order valence-electron chi connectivity index (χ3n) is 4.50. The molecule has 0 aliphatic carbocycles. The Kier molecular flexibility index (Phi) is 3.09. The van der Waals surface area contributed by atoms with Gasteiger partial charge in [-0.3, -0.25) is 0 Å². The van der Waals surface area contributed by atoms with Gasteiger partial charge in [-0.15, -0.1) is 0 Å². The molecule has 4 aromatic carbocycles. The number of nitrogens with one attached hydrogen (secondary N) is 1. The molecule has 0 unspecified atom stereocenters. The minimum absolute atomic E-state index is 0. The van der Waals surface area contributed by atoms with E-state index in [-0.39, 0.29) is 1.43 Å². The van der Waals surface area contributed by atoms with Gasteiger partial charge in [0.2, 0.25) is 0 Å². The Balaban J connectivity index is 0.000000545. The third kappa shape index (κ3) is 1.86. The summed E-state index contributed by atoms with van der Waals surface area (Å²) in [6.07, 6.45) is 4.08. The first-order valence-corrected chi connectivity index (χ1v) is 8.16. The van der Waals surface area contributed by atoms with Gasteiger partial charge in [-0.2, -0.15) is 0 Å². The zero-order valence-electron chi connectivity index (χ0n) is 13.5. The van der Waals surface area contributed by atoms with Crippen LogP contribution in [0.4, 0.5) is 0 Å². The average molecular weight is 299 g/mol. The maximum atomic E-state index is 4.18. The zero-order chi connectivity index (χ0) is 16.0. The molecule has 0 saturated heterocycles. The standard InChI is InChI=1S/C20H13N.C2H6.H2/c1-12-18-16(9-10-21-12)11-15-6-5-13-3-2-4-14-7-8-17(18)20(15)19(13)14;1-2;/h2-11,21H,1H2;1-2H3;1H. The summed E-state index contributed by atoms with van der Waals surface area (Å²) in [6, 6.07) is 17.7. The first-order chi connectivity index (χ1) is 11.3. The average Bonchev–Trinajstić information content (AvgIpc) is 2.61. The van der Waals surface area contributed by atoms with Gasteiger partial charge in [0, 0.05) is 18.9 Å². The summed E-state index contributed by atoms with van der Waals surface area (Å²) in [4.78, 5) is 0. The second-order valence-corrected chi connectivity index (χ2v) is 5.65. The van der Waals surface area contributed by atoms with Gasteiger partial charge in [0.05, 0.1) is 0 Å². The minimum atomic E-state index is 0. The lowest BCUT2D eigenvalue weighted by Gasteiger charge is -2.20. The fourth-order valence-corrected chi connectivity index (χ4v) is 3.61. The highest BCUT2D eigenvalue weighted by molar-refractivity contribution is 6.25. The van der Waals surface area contributed by atoms with Crippen LogP contribution < -0.4 is 5.32 Å². The fourth-order valence-electron chi connectivity index (χ4n) is 3.61. The van der Waals surface area contributed by atoms with E-state index >= 15 is 0 Å². The van der Waals surface area contributed by atoms with Crippen LogP contribution in [0.1, 0.15) is 26.4 Å². The summed E-state index contributed by atoms with van der Waals surface area (Å²) in [7, 11) is 0. The second-order valence-electron chi connectivity index (χ2n) is 5.65. The Hall–Kier alpha value is -2.80. The number of benzene rings is 4. The molecule has 1 heteroatoms. The predicted molar refractivity (Wildman–Crippen MR) is 105 cm³/mol. The highest BCUT2D eigenvalue weighted by Crippen LogP contribution is 2.39. The molecule has 1 nitrogen and oxygen atoms in total. The van der Waals surface area contributed by atoms with Gasteiger partial charge in [0.1, 0.15) is 0 Å². The molecule has 1 N–H and O–H groups in total. The molecule has 0 saturated carbocycles. The molecule has 0 spiro atoms. The van der Waals surface area contributed by atoms with Crippen molar-refractivity contribution in [2.45, 2.75) is 13.8 Å². The largest absolute Gasteiger partial charge is 0.362 e. The van der Waals surface area contributed by atoms with Crippen LogP contribution in [-0.4, -0.2) is 0 Å². The Morgan fingerprint density at radius 3 is 2.35 bits per heavy atom. The molecule has 5 rings (SSSR count). The van der Waals surface area contributed by atoms with Crippen molar-refractivity contribution < 1.29 is 1.43 Å². The summed E-state index contributed by atoms with van der Waals surface area (Å²) < 4.78 is 0. The normalized spacial score (nSPS) is 13.0. The summed E-state index contributed by atoms with van der Waals surface area (Å²) in [5.41, 5.74) is 3.44. The van der Waals surface area contributed by atoms with Gasteiger partial charge in [-0.05, 0) is 50.0 Å². The van der Waals surface area contributed by atoms with E-state index in [0.29, 0.717) is 0 Å². The number of rotatable bonds is 0. The van der Waals surface area contributed by atoms with Crippen molar-refractivity contribution in [3.63, 3.8) is 0 Å². The molecule has 0 amide bonds. The van der Waals surface area contributed by atoms with Gasteiger partial charge >= 0.3 is 0 Å². The lowest BCUT2D eigenvalue weighted by atomic mass is 9.88. The number of hydrogen-bond donors (Lipinski definition) is 1. The molecule has 4 aromatic rings. The highest BCUT2D eigenvalue weighted by atomic mass is 14.9. The van der Waals surface area contributed by atoms with Gasteiger partial charge < -0.3 is 5.32 Å². The molecule has 114 valence electrons. The lowest BCUT2D eigenvalue weighted by Crippen LogP contribution is -2.09. The Labute approximate surface area is 137 Å². The second kappa shape index (κ2) is 5.13. The van der Waals surface area contributed by atoms with Crippen molar-refractivity contribution >= 4 is 44.1 Å². The molecule has 0 bridgehead atoms. The van der Waals surface area contributed by atoms with Crippen molar-refractivity contribution in [3.8, 4) is 0 Å². The van der Waals surface area contributed by atoms with E-state index < -0.39 is 0 Å².